The fourth-order valence-electron chi connectivity index (χ4n) is 2.92. The molecule has 0 aliphatic carbocycles. The number of benzene rings is 2. The van der Waals surface area contributed by atoms with Crippen LogP contribution >= 0.6 is 0 Å². The van der Waals surface area contributed by atoms with Gasteiger partial charge in [0.05, 0.1) is 0 Å². The highest BCUT2D eigenvalue weighted by Crippen LogP contribution is 2.34. The molecule has 0 saturated carbocycles. The molecule has 0 heterocycles. The summed E-state index contributed by atoms with van der Waals surface area (Å²) in [7, 11) is 0. The average Bonchev–Trinajstić information content (AvgIpc) is 2.39. The average molecular weight is 294 g/mol. The molecule has 0 spiro atoms. The second-order valence-corrected chi connectivity index (χ2v) is 8.54. The minimum Gasteiger partial charge on any atom is -0.0590 e. The molecule has 22 heavy (non-hydrogen) atoms. The highest BCUT2D eigenvalue weighted by Gasteiger charge is 2.25. The largest absolute Gasteiger partial charge is 0.0590 e. The van der Waals surface area contributed by atoms with Crippen LogP contribution < -0.4 is 0 Å². The lowest BCUT2D eigenvalue weighted by Gasteiger charge is -2.30. The molecule has 118 valence electrons. The molecule has 0 amide bonds. The minimum atomic E-state index is 0.173. The van der Waals surface area contributed by atoms with Gasteiger partial charge in [-0.1, -0.05) is 89.6 Å². The van der Waals surface area contributed by atoms with Crippen molar-refractivity contribution in [3.05, 3.63) is 70.3 Å². The normalized spacial score (nSPS) is 12.5. The predicted molar refractivity (Wildman–Crippen MR) is 97.8 cm³/mol. The molecule has 0 saturated heterocycles. The standard InChI is InChI=1S/C22H30/c1-16-8-10-17(11-9-16)14-18-12-13-19(21(2,3)4)20(15-18)22(5,6)7/h8-13,15H,14H2,1-7H3. The van der Waals surface area contributed by atoms with E-state index in [1.54, 1.807) is 0 Å². The summed E-state index contributed by atoms with van der Waals surface area (Å²) in [5.41, 5.74) is 7.41. The smallest absolute Gasteiger partial charge is 0.00257 e. The van der Waals surface area contributed by atoms with Crippen LogP contribution in [0.15, 0.2) is 42.5 Å². The highest BCUT2D eigenvalue weighted by molar-refractivity contribution is 5.42. The molecule has 0 N–H and O–H groups in total. The third-order valence-electron chi connectivity index (χ3n) is 4.23. The van der Waals surface area contributed by atoms with Crippen molar-refractivity contribution in [3.8, 4) is 0 Å². The van der Waals surface area contributed by atoms with E-state index in [4.69, 9.17) is 0 Å². The number of hydrogen-bond acceptors (Lipinski definition) is 0. The predicted octanol–water partition coefficient (Wildman–Crippen LogP) is 6.18. The molecule has 2 aromatic carbocycles. The molecule has 0 radical (unpaired) electrons. The van der Waals surface area contributed by atoms with Crippen LogP contribution in [0.25, 0.3) is 0 Å². The van der Waals surface area contributed by atoms with E-state index in [2.05, 4.69) is 90.9 Å². The van der Waals surface area contributed by atoms with E-state index >= 15 is 0 Å². The van der Waals surface area contributed by atoms with E-state index in [9.17, 15) is 0 Å². The Labute approximate surface area is 136 Å². The van der Waals surface area contributed by atoms with Crippen LogP contribution in [0.4, 0.5) is 0 Å². The summed E-state index contributed by atoms with van der Waals surface area (Å²) in [5.74, 6) is 0. The second-order valence-electron chi connectivity index (χ2n) is 8.54. The molecule has 0 unspecified atom stereocenters. The molecule has 0 atom stereocenters. The maximum atomic E-state index is 2.42. The Balaban J connectivity index is 2.41. The van der Waals surface area contributed by atoms with Crippen molar-refractivity contribution < 1.29 is 0 Å². The summed E-state index contributed by atoms with van der Waals surface area (Å²) in [4.78, 5) is 0. The van der Waals surface area contributed by atoms with Crippen LogP contribution in [0.2, 0.25) is 0 Å². The van der Waals surface area contributed by atoms with Gasteiger partial charge in [-0.3, -0.25) is 0 Å². The molecule has 0 heteroatoms. The Morgan fingerprint density at radius 2 is 1.14 bits per heavy atom. The van der Waals surface area contributed by atoms with Gasteiger partial charge in [0.1, 0.15) is 0 Å². The molecule has 2 rings (SSSR count). The van der Waals surface area contributed by atoms with E-state index in [0.717, 1.165) is 6.42 Å². The summed E-state index contributed by atoms with van der Waals surface area (Å²) in [6.45, 7) is 16.0. The Morgan fingerprint density at radius 3 is 1.64 bits per heavy atom. The van der Waals surface area contributed by atoms with Crippen molar-refractivity contribution >= 4 is 0 Å². The third kappa shape index (κ3) is 4.00. The molecule has 0 nitrogen and oxygen atoms in total. The summed E-state index contributed by atoms with van der Waals surface area (Å²) in [6, 6.07) is 15.9. The lowest BCUT2D eigenvalue weighted by Crippen LogP contribution is -2.22. The van der Waals surface area contributed by atoms with Gasteiger partial charge in [0.25, 0.3) is 0 Å². The van der Waals surface area contributed by atoms with E-state index in [-0.39, 0.29) is 10.8 Å². The lowest BCUT2D eigenvalue weighted by molar-refractivity contribution is 0.529. The van der Waals surface area contributed by atoms with Crippen molar-refractivity contribution in [1.29, 1.82) is 0 Å². The van der Waals surface area contributed by atoms with E-state index < -0.39 is 0 Å². The van der Waals surface area contributed by atoms with Gasteiger partial charge in [-0.2, -0.15) is 0 Å². The molecular formula is C22H30. The SMILES string of the molecule is Cc1ccc(Cc2ccc(C(C)(C)C)c(C(C)(C)C)c2)cc1. The molecule has 0 aliphatic rings. The zero-order valence-corrected chi connectivity index (χ0v) is 15.2. The molecule has 0 aliphatic heterocycles. The topological polar surface area (TPSA) is 0 Å². The Hall–Kier alpha value is -1.56. The van der Waals surface area contributed by atoms with Gasteiger partial charge in [-0.05, 0) is 46.4 Å². The van der Waals surface area contributed by atoms with Crippen LogP contribution in [0.5, 0.6) is 0 Å². The van der Waals surface area contributed by atoms with Gasteiger partial charge < -0.3 is 0 Å². The van der Waals surface area contributed by atoms with E-state index in [1.807, 2.05) is 0 Å². The Morgan fingerprint density at radius 1 is 0.636 bits per heavy atom. The first-order chi connectivity index (χ1) is 10.1. The summed E-state index contributed by atoms with van der Waals surface area (Å²) in [6.07, 6.45) is 1.01. The first-order valence-corrected chi connectivity index (χ1v) is 8.27. The Bertz CT molecular complexity index is 631. The number of hydrogen-bond donors (Lipinski definition) is 0. The fourth-order valence-corrected chi connectivity index (χ4v) is 2.92. The van der Waals surface area contributed by atoms with Crippen molar-refractivity contribution in [3.63, 3.8) is 0 Å². The zero-order valence-electron chi connectivity index (χ0n) is 15.2. The van der Waals surface area contributed by atoms with Gasteiger partial charge in [0, 0.05) is 0 Å². The van der Waals surface area contributed by atoms with Crippen LogP contribution in [0.1, 0.15) is 69.4 Å². The van der Waals surface area contributed by atoms with E-state index in [1.165, 1.54) is 27.8 Å². The van der Waals surface area contributed by atoms with Crippen LogP contribution in [0.3, 0.4) is 0 Å². The van der Waals surface area contributed by atoms with Crippen molar-refractivity contribution in [2.45, 2.75) is 65.7 Å². The van der Waals surface area contributed by atoms with Crippen LogP contribution in [-0.4, -0.2) is 0 Å². The molecular weight excluding hydrogens is 264 g/mol. The quantitative estimate of drug-likeness (QED) is 0.620. The lowest BCUT2D eigenvalue weighted by atomic mass is 9.74. The van der Waals surface area contributed by atoms with E-state index in [0.29, 0.717) is 0 Å². The zero-order chi connectivity index (χ0) is 16.5. The number of aryl methyl sites for hydroxylation is 1. The maximum Gasteiger partial charge on any atom is -0.00257 e. The first kappa shape index (κ1) is 16.8. The van der Waals surface area contributed by atoms with Crippen LogP contribution in [0, 0.1) is 6.92 Å². The van der Waals surface area contributed by atoms with Crippen molar-refractivity contribution in [1.82, 2.24) is 0 Å². The molecule has 0 bridgehead atoms. The van der Waals surface area contributed by atoms with Crippen molar-refractivity contribution in [2.24, 2.45) is 0 Å². The Kier molecular flexibility index (Phi) is 4.52. The maximum absolute atomic E-state index is 2.42. The number of rotatable bonds is 2. The second kappa shape index (κ2) is 5.91. The molecule has 0 aromatic heterocycles. The third-order valence-corrected chi connectivity index (χ3v) is 4.23. The summed E-state index contributed by atoms with van der Waals surface area (Å²) >= 11 is 0. The van der Waals surface area contributed by atoms with Gasteiger partial charge in [0.15, 0.2) is 0 Å². The van der Waals surface area contributed by atoms with Crippen molar-refractivity contribution in [2.75, 3.05) is 0 Å². The summed E-state index contributed by atoms with van der Waals surface area (Å²) < 4.78 is 0. The minimum absolute atomic E-state index is 0.173. The monoisotopic (exact) mass is 294 g/mol. The fraction of sp³-hybridized carbons (Fsp3) is 0.455. The van der Waals surface area contributed by atoms with Gasteiger partial charge in [-0.25, -0.2) is 0 Å². The molecule has 0 fully saturated rings. The first-order valence-electron chi connectivity index (χ1n) is 8.27. The van der Waals surface area contributed by atoms with Crippen LogP contribution in [-0.2, 0) is 17.3 Å². The van der Waals surface area contributed by atoms with Gasteiger partial charge >= 0.3 is 0 Å². The van der Waals surface area contributed by atoms with Gasteiger partial charge in [0.2, 0.25) is 0 Å². The molecule has 2 aromatic rings. The van der Waals surface area contributed by atoms with Gasteiger partial charge in [-0.15, -0.1) is 0 Å². The summed E-state index contributed by atoms with van der Waals surface area (Å²) in [5, 5.41) is 0. The highest BCUT2D eigenvalue weighted by atomic mass is 14.3.